The molecule has 29 heavy (non-hydrogen) atoms. The summed E-state index contributed by atoms with van der Waals surface area (Å²) in [5, 5.41) is 5.17. The van der Waals surface area contributed by atoms with Gasteiger partial charge < -0.3 is 16.4 Å². The molecule has 1 unspecified atom stereocenters. The first kappa shape index (κ1) is 23.2. The minimum absolute atomic E-state index is 0.199. The van der Waals surface area contributed by atoms with Crippen molar-refractivity contribution in [3.8, 4) is 0 Å². The van der Waals surface area contributed by atoms with Crippen LogP contribution in [0.2, 0.25) is 0 Å². The van der Waals surface area contributed by atoms with Crippen molar-refractivity contribution in [2.45, 2.75) is 69.7 Å². The van der Waals surface area contributed by atoms with Gasteiger partial charge in [-0.1, -0.05) is 38.7 Å². The Balaban J connectivity index is 2.22. The molecule has 1 aromatic carbocycles. The lowest BCUT2D eigenvalue weighted by Gasteiger charge is -2.22. The van der Waals surface area contributed by atoms with E-state index in [1.165, 1.54) is 10.4 Å². The highest BCUT2D eigenvalue weighted by molar-refractivity contribution is 7.89. The first-order chi connectivity index (χ1) is 13.8. The van der Waals surface area contributed by atoms with Gasteiger partial charge in [-0.05, 0) is 43.9 Å². The van der Waals surface area contributed by atoms with Gasteiger partial charge in [-0.2, -0.15) is 4.31 Å². The van der Waals surface area contributed by atoms with Gasteiger partial charge in [0.25, 0.3) is 0 Å². The normalized spacial score (nSPS) is 16.6. The topological polar surface area (TPSA) is 122 Å². The van der Waals surface area contributed by atoms with Gasteiger partial charge in [-0.25, -0.2) is 13.2 Å². The number of nitrogens with two attached hydrogens (primary N) is 1. The lowest BCUT2D eigenvalue weighted by Crippen LogP contribution is -2.46. The fourth-order valence-electron chi connectivity index (χ4n) is 3.46. The highest BCUT2D eigenvalue weighted by atomic mass is 32.2. The number of aryl methyl sites for hydroxylation is 1. The lowest BCUT2D eigenvalue weighted by atomic mass is 10.1. The molecule has 0 aromatic heterocycles. The van der Waals surface area contributed by atoms with Gasteiger partial charge >= 0.3 is 6.03 Å². The molecule has 1 aliphatic heterocycles. The zero-order chi connectivity index (χ0) is 21.4. The molecule has 0 bridgehead atoms. The first-order valence-electron chi connectivity index (χ1n) is 10.2. The summed E-state index contributed by atoms with van der Waals surface area (Å²) >= 11 is 0. The molecule has 0 saturated carbocycles. The summed E-state index contributed by atoms with van der Waals surface area (Å²) in [4.78, 5) is 24.0. The molecule has 4 N–H and O–H groups in total. The molecule has 162 valence electrons. The highest BCUT2D eigenvalue weighted by Gasteiger charge is 2.27. The molecular formula is C20H32N4O4S. The highest BCUT2D eigenvalue weighted by Crippen LogP contribution is 2.26. The van der Waals surface area contributed by atoms with Crippen LogP contribution >= 0.6 is 0 Å². The number of hydrogen-bond acceptors (Lipinski definition) is 4. The Hall–Kier alpha value is -2.13. The fourth-order valence-corrected chi connectivity index (χ4v) is 5.22. The smallest absolute Gasteiger partial charge is 0.312 e. The molecule has 1 saturated heterocycles. The summed E-state index contributed by atoms with van der Waals surface area (Å²) in [6.07, 6.45) is 5.85. The molecule has 1 aliphatic rings. The predicted octanol–water partition coefficient (Wildman–Crippen LogP) is 2.73. The minimum Gasteiger partial charge on any atom is -0.352 e. The number of sulfonamides is 1. The van der Waals surface area contributed by atoms with E-state index in [2.05, 4.69) is 10.6 Å². The molecule has 1 aromatic rings. The zero-order valence-corrected chi connectivity index (χ0v) is 18.1. The maximum absolute atomic E-state index is 13.2. The maximum Gasteiger partial charge on any atom is 0.312 e. The van der Waals surface area contributed by atoms with E-state index in [4.69, 9.17) is 5.73 Å². The average Bonchev–Trinajstić information content (AvgIpc) is 2.96. The van der Waals surface area contributed by atoms with Gasteiger partial charge in [0.1, 0.15) is 6.04 Å². The first-order valence-corrected chi connectivity index (χ1v) is 11.7. The zero-order valence-electron chi connectivity index (χ0n) is 17.2. The number of urea groups is 1. The molecule has 1 heterocycles. The summed E-state index contributed by atoms with van der Waals surface area (Å²) in [5.74, 6) is -0.417. The predicted molar refractivity (Wildman–Crippen MR) is 113 cm³/mol. The average molecular weight is 425 g/mol. The van der Waals surface area contributed by atoms with E-state index >= 15 is 0 Å². The van der Waals surface area contributed by atoms with Gasteiger partial charge in [0.2, 0.25) is 15.9 Å². The van der Waals surface area contributed by atoms with E-state index in [0.29, 0.717) is 30.8 Å². The summed E-state index contributed by atoms with van der Waals surface area (Å²) < 4.78 is 27.9. The Morgan fingerprint density at radius 1 is 1.17 bits per heavy atom. The molecular weight excluding hydrogens is 392 g/mol. The van der Waals surface area contributed by atoms with E-state index in [1.807, 2.05) is 6.92 Å². The van der Waals surface area contributed by atoms with E-state index in [9.17, 15) is 18.0 Å². The van der Waals surface area contributed by atoms with Crippen LogP contribution in [-0.2, 0) is 14.8 Å². The number of carbonyl (C=O) groups is 2. The minimum atomic E-state index is -3.64. The van der Waals surface area contributed by atoms with Crippen LogP contribution in [0.5, 0.6) is 0 Å². The van der Waals surface area contributed by atoms with E-state index in [1.54, 1.807) is 19.1 Å². The number of unbranched alkanes of at least 4 members (excludes halogenated alkanes) is 1. The standard InChI is InChI=1S/C20H32N4O4S/c1-3-4-9-17(23-20(21)26)19(25)22-16-11-10-15(2)18(14-16)29(27,28)24-12-7-5-6-8-13-24/h10-11,14,17H,3-9,12-13H2,1-2H3,(H,22,25)(H3,21,23,26). The Morgan fingerprint density at radius 3 is 2.41 bits per heavy atom. The Kier molecular flexibility index (Phi) is 8.45. The van der Waals surface area contributed by atoms with Crippen molar-refractivity contribution in [1.29, 1.82) is 0 Å². The molecule has 3 amide bonds. The Morgan fingerprint density at radius 2 is 1.83 bits per heavy atom. The van der Waals surface area contributed by atoms with Crippen molar-refractivity contribution in [2.24, 2.45) is 5.73 Å². The van der Waals surface area contributed by atoms with Crippen molar-refractivity contribution in [2.75, 3.05) is 18.4 Å². The summed E-state index contributed by atoms with van der Waals surface area (Å²) in [5.41, 5.74) is 6.18. The van der Waals surface area contributed by atoms with Gasteiger partial charge in [0.15, 0.2) is 0 Å². The van der Waals surface area contributed by atoms with Crippen molar-refractivity contribution >= 4 is 27.6 Å². The Labute approximate surface area is 173 Å². The van der Waals surface area contributed by atoms with E-state index in [-0.39, 0.29) is 4.90 Å². The van der Waals surface area contributed by atoms with Gasteiger partial charge in [0.05, 0.1) is 4.90 Å². The number of nitrogens with one attached hydrogen (secondary N) is 2. The van der Waals surface area contributed by atoms with Gasteiger partial charge in [-0.15, -0.1) is 0 Å². The van der Waals surface area contributed by atoms with Gasteiger partial charge in [-0.3, -0.25) is 4.79 Å². The quantitative estimate of drug-likeness (QED) is 0.594. The van der Waals surface area contributed by atoms with Crippen molar-refractivity contribution in [3.05, 3.63) is 23.8 Å². The number of anilines is 1. The second-order valence-corrected chi connectivity index (χ2v) is 9.40. The van der Waals surface area contributed by atoms with Crippen LogP contribution in [0.3, 0.4) is 0 Å². The van der Waals surface area contributed by atoms with Crippen LogP contribution < -0.4 is 16.4 Å². The van der Waals surface area contributed by atoms with Crippen molar-refractivity contribution in [1.82, 2.24) is 9.62 Å². The molecule has 8 nitrogen and oxygen atoms in total. The van der Waals surface area contributed by atoms with E-state index in [0.717, 1.165) is 38.5 Å². The fraction of sp³-hybridized carbons (Fsp3) is 0.600. The third kappa shape index (κ3) is 6.43. The number of rotatable bonds is 8. The number of nitrogens with zero attached hydrogens (tertiary/aromatic N) is 1. The summed E-state index contributed by atoms with van der Waals surface area (Å²) in [7, 11) is -3.64. The molecule has 0 radical (unpaired) electrons. The lowest BCUT2D eigenvalue weighted by molar-refractivity contribution is -0.118. The number of benzene rings is 1. The third-order valence-corrected chi connectivity index (χ3v) is 7.16. The molecule has 1 atom stereocenters. The third-order valence-electron chi connectivity index (χ3n) is 5.12. The molecule has 9 heteroatoms. The number of primary amides is 1. The van der Waals surface area contributed by atoms with E-state index < -0.39 is 28.0 Å². The molecule has 0 aliphatic carbocycles. The molecule has 1 fully saturated rings. The van der Waals surface area contributed by atoms with Crippen LogP contribution in [0.25, 0.3) is 0 Å². The summed E-state index contributed by atoms with van der Waals surface area (Å²) in [6.45, 7) is 4.76. The SMILES string of the molecule is CCCCC(NC(N)=O)C(=O)Nc1ccc(C)c(S(=O)(=O)N2CCCCCC2)c1. The second kappa shape index (κ2) is 10.6. The van der Waals surface area contributed by atoms with Gasteiger partial charge in [0, 0.05) is 18.8 Å². The molecule has 0 spiro atoms. The summed E-state index contributed by atoms with van der Waals surface area (Å²) in [6, 6.07) is 3.31. The number of hydrogen-bond donors (Lipinski definition) is 3. The van der Waals surface area contributed by atoms with Crippen LogP contribution in [0.15, 0.2) is 23.1 Å². The maximum atomic E-state index is 13.2. The Bertz CT molecular complexity index is 818. The van der Waals surface area contributed by atoms with Crippen LogP contribution in [0, 0.1) is 6.92 Å². The van der Waals surface area contributed by atoms with Crippen molar-refractivity contribution < 1.29 is 18.0 Å². The monoisotopic (exact) mass is 424 g/mol. The largest absolute Gasteiger partial charge is 0.352 e. The van der Waals surface area contributed by atoms with Crippen LogP contribution in [-0.4, -0.2) is 43.8 Å². The number of amides is 3. The number of carbonyl (C=O) groups excluding carboxylic acids is 2. The van der Waals surface area contributed by atoms with Crippen LogP contribution in [0.4, 0.5) is 10.5 Å². The van der Waals surface area contributed by atoms with Crippen LogP contribution in [0.1, 0.15) is 57.4 Å². The van der Waals surface area contributed by atoms with Crippen molar-refractivity contribution in [3.63, 3.8) is 0 Å². The second-order valence-electron chi connectivity index (χ2n) is 7.49. The molecule has 2 rings (SSSR count).